The van der Waals surface area contributed by atoms with Crippen LogP contribution >= 0.6 is 34.0 Å². The molecule has 378 valence electrons. The first-order valence-electron chi connectivity index (χ1n) is 26.4. The van der Waals surface area contributed by atoms with Gasteiger partial charge in [0.15, 0.2) is 15.0 Å². The third-order valence-electron chi connectivity index (χ3n) is 15.0. The first kappa shape index (κ1) is 46.9. The van der Waals surface area contributed by atoms with Crippen LogP contribution in [0.15, 0.2) is 237 Å². The number of pyridine rings is 3. The van der Waals surface area contributed by atoms with Crippen LogP contribution in [0.1, 0.15) is 0 Å². The van der Waals surface area contributed by atoms with E-state index in [0.29, 0.717) is 15.0 Å². The molecule has 0 atom stereocenters. The summed E-state index contributed by atoms with van der Waals surface area (Å²) in [6.07, 6.45) is 0. The fraction of sp³-hybridized carbons (Fsp3) is 0. The van der Waals surface area contributed by atoms with Gasteiger partial charge in [0.25, 0.3) is 0 Å². The number of fused-ring (bicyclic) bond motifs is 9. The fourth-order valence-corrected chi connectivity index (χ4v) is 13.6. The minimum Gasteiger partial charge on any atom is -0.245 e. The van der Waals surface area contributed by atoms with Gasteiger partial charge in [-0.15, -0.1) is 30.6 Å². The van der Waals surface area contributed by atoms with Crippen molar-refractivity contribution in [3.05, 3.63) is 237 Å². The molecule has 0 amide bonds. The third kappa shape index (κ3) is 8.31. The molecule has 6 aromatic heterocycles. The van der Waals surface area contributed by atoms with Gasteiger partial charge in [0, 0.05) is 33.4 Å². The van der Waals surface area contributed by atoms with Crippen molar-refractivity contribution in [2.24, 2.45) is 0 Å². The highest BCUT2D eigenvalue weighted by Gasteiger charge is 2.21. The van der Waals surface area contributed by atoms with Gasteiger partial charge in [-0.25, -0.2) is 15.0 Å². The summed E-state index contributed by atoms with van der Waals surface area (Å²) in [5.74, 6) is 0. The highest BCUT2D eigenvalue weighted by Crippen LogP contribution is 2.43. The summed E-state index contributed by atoms with van der Waals surface area (Å²) in [7, 11) is 0. The van der Waals surface area contributed by atoms with Gasteiger partial charge in [-0.3, -0.25) is 0 Å². The number of aromatic nitrogens is 9. The van der Waals surface area contributed by atoms with Crippen LogP contribution in [0.2, 0.25) is 0 Å². The Kier molecular flexibility index (Phi) is 11.2. The maximum absolute atomic E-state index is 5.24. The summed E-state index contributed by atoms with van der Waals surface area (Å²) in [5.41, 5.74) is 10.6. The number of hydrogen-bond acceptors (Lipinski definition) is 12. The van der Waals surface area contributed by atoms with Crippen LogP contribution in [0.4, 0.5) is 0 Å². The molecule has 9 nitrogen and oxygen atoms in total. The summed E-state index contributed by atoms with van der Waals surface area (Å²) < 4.78 is 0. The Morgan fingerprint density at radius 3 is 0.753 bits per heavy atom. The summed E-state index contributed by atoms with van der Waals surface area (Å²) in [5, 5.41) is 47.3. The van der Waals surface area contributed by atoms with Crippen LogP contribution in [0.5, 0.6) is 0 Å². The van der Waals surface area contributed by atoms with Crippen molar-refractivity contribution in [3.8, 4) is 97.6 Å². The molecule has 0 saturated carbocycles. The van der Waals surface area contributed by atoms with Crippen LogP contribution in [0.25, 0.3) is 162 Å². The van der Waals surface area contributed by atoms with Gasteiger partial charge in [0.1, 0.15) is 32.1 Å². The van der Waals surface area contributed by atoms with E-state index in [0.717, 1.165) is 115 Å². The van der Waals surface area contributed by atoms with E-state index in [1.807, 2.05) is 36.4 Å². The molecule has 6 heterocycles. The highest BCUT2D eigenvalue weighted by molar-refractivity contribution is 7.18. The zero-order chi connectivity index (χ0) is 53.4. The van der Waals surface area contributed by atoms with Crippen molar-refractivity contribution < 1.29 is 0 Å². The predicted molar refractivity (Wildman–Crippen MR) is 334 cm³/mol. The van der Waals surface area contributed by atoms with Crippen molar-refractivity contribution in [1.82, 2.24) is 45.5 Å². The lowest BCUT2D eigenvalue weighted by molar-refractivity contribution is 1.08. The minimum atomic E-state index is 0.704. The minimum absolute atomic E-state index is 0.704. The Balaban J connectivity index is 0.785. The molecule has 0 fully saturated rings. The second-order valence-electron chi connectivity index (χ2n) is 19.8. The molecular weight excluding hydrogens is 1050 g/mol. The number of benzene rings is 10. The van der Waals surface area contributed by atoms with Crippen LogP contribution in [0.3, 0.4) is 0 Å². The summed E-state index contributed by atoms with van der Waals surface area (Å²) in [6.45, 7) is 0. The molecule has 0 unspecified atom stereocenters. The number of rotatable bonds is 9. The molecule has 10 aromatic carbocycles. The monoisotopic (exact) mass is 1090 g/mol. The summed E-state index contributed by atoms with van der Waals surface area (Å²) in [4.78, 5) is 15.7. The van der Waals surface area contributed by atoms with E-state index in [1.165, 1.54) is 66.3 Å². The predicted octanol–water partition coefficient (Wildman–Crippen LogP) is 18.3. The molecule has 0 aliphatic rings. The molecule has 0 bridgehead atoms. The SMILES string of the molecule is c1cc(-c2nnc(-c3cc(-c4nnc(-c5cccc(-c6cc7ccccc7c7ccccc67)n5)s4)cc(-c4nnc(-c5cccc(-c6cc7ccccc7c7ccccc67)n5)s4)c3)s2)nc(-c2cc3ccccc3c3ccccc23)c1. The zero-order valence-electron chi connectivity index (χ0n) is 42.8. The first-order chi connectivity index (χ1) is 40.1. The quantitative estimate of drug-likeness (QED) is 0.130. The smallest absolute Gasteiger partial charge is 0.166 e. The van der Waals surface area contributed by atoms with Crippen LogP contribution in [-0.2, 0) is 0 Å². The molecule has 0 saturated heterocycles. The average molecular weight is 1090 g/mol. The lowest BCUT2D eigenvalue weighted by atomic mass is 9.95. The summed E-state index contributed by atoms with van der Waals surface area (Å²) in [6, 6.07) is 82.5. The number of hydrogen-bond donors (Lipinski definition) is 0. The van der Waals surface area contributed by atoms with E-state index in [2.05, 4.69) is 200 Å². The van der Waals surface area contributed by atoms with Crippen molar-refractivity contribution in [1.29, 1.82) is 0 Å². The maximum atomic E-state index is 5.24. The molecule has 0 aliphatic carbocycles. The average Bonchev–Trinajstić information content (AvgIpc) is 4.53. The van der Waals surface area contributed by atoms with Gasteiger partial charge in [-0.2, -0.15) is 0 Å². The molecule has 0 spiro atoms. The molecular formula is C69H39N9S3. The highest BCUT2D eigenvalue weighted by atomic mass is 32.1. The van der Waals surface area contributed by atoms with Crippen molar-refractivity contribution in [3.63, 3.8) is 0 Å². The van der Waals surface area contributed by atoms with E-state index in [4.69, 9.17) is 45.5 Å². The summed E-state index contributed by atoms with van der Waals surface area (Å²) >= 11 is 4.48. The second kappa shape index (κ2) is 19.4. The Hall–Kier alpha value is -10.1. The van der Waals surface area contributed by atoms with Gasteiger partial charge < -0.3 is 0 Å². The standard InChI is InChI=1S/C69H39N9S3/c1-4-19-46-40(16-1)37-55(52-25-10-7-22-49(46)52)58-28-13-31-61(70-58)67-76-73-64(79-67)43-34-44(65-74-77-68(80-65)62-32-14-29-59(71-62)56-38-41-17-2-5-20-47(41)50-23-8-11-26-53(50)56)36-45(35-43)66-75-78-69(81-66)63-33-15-30-60(72-63)57-39-42-18-3-6-21-48(42)51-24-9-12-27-54(51)57/h1-39H. The largest absolute Gasteiger partial charge is 0.245 e. The normalized spacial score (nSPS) is 11.7. The van der Waals surface area contributed by atoms with Crippen LogP contribution in [-0.4, -0.2) is 45.5 Å². The van der Waals surface area contributed by atoms with Crippen molar-refractivity contribution >= 4 is 98.6 Å². The Bertz CT molecular complexity index is 4660. The van der Waals surface area contributed by atoms with E-state index in [9.17, 15) is 0 Å². The van der Waals surface area contributed by atoms with E-state index >= 15 is 0 Å². The van der Waals surface area contributed by atoms with Gasteiger partial charge in [-0.1, -0.05) is 198 Å². The van der Waals surface area contributed by atoms with Gasteiger partial charge >= 0.3 is 0 Å². The molecule has 0 aliphatic heterocycles. The first-order valence-corrected chi connectivity index (χ1v) is 28.9. The van der Waals surface area contributed by atoms with Crippen molar-refractivity contribution in [2.45, 2.75) is 0 Å². The Morgan fingerprint density at radius 1 is 0.198 bits per heavy atom. The molecule has 12 heteroatoms. The number of nitrogens with zero attached hydrogens (tertiary/aromatic N) is 9. The fourth-order valence-electron chi connectivity index (χ4n) is 11.2. The Morgan fingerprint density at radius 2 is 0.444 bits per heavy atom. The molecule has 16 rings (SSSR count). The van der Waals surface area contributed by atoms with Gasteiger partial charge in [0.2, 0.25) is 0 Å². The van der Waals surface area contributed by atoms with E-state index in [-0.39, 0.29) is 0 Å². The van der Waals surface area contributed by atoms with Gasteiger partial charge in [-0.05, 0) is 137 Å². The molecule has 16 aromatic rings. The zero-order valence-corrected chi connectivity index (χ0v) is 45.2. The molecule has 0 radical (unpaired) electrons. The van der Waals surface area contributed by atoms with Crippen LogP contribution in [0, 0.1) is 0 Å². The maximum Gasteiger partial charge on any atom is 0.166 e. The lowest BCUT2D eigenvalue weighted by Crippen LogP contribution is -1.90. The molecule has 81 heavy (non-hydrogen) atoms. The van der Waals surface area contributed by atoms with Crippen molar-refractivity contribution in [2.75, 3.05) is 0 Å². The molecule has 0 N–H and O–H groups in total. The van der Waals surface area contributed by atoms with E-state index < -0.39 is 0 Å². The second-order valence-corrected chi connectivity index (χ2v) is 22.8. The van der Waals surface area contributed by atoms with Gasteiger partial charge in [0.05, 0.1) is 17.1 Å². The topological polar surface area (TPSA) is 116 Å². The Labute approximate surface area is 475 Å². The van der Waals surface area contributed by atoms with E-state index in [1.54, 1.807) is 0 Å². The van der Waals surface area contributed by atoms with Crippen LogP contribution < -0.4 is 0 Å². The third-order valence-corrected chi connectivity index (χ3v) is 18.0. The lowest BCUT2D eigenvalue weighted by Gasteiger charge is -2.11.